The van der Waals surface area contributed by atoms with Crippen molar-refractivity contribution in [2.45, 2.75) is 17.9 Å². The van der Waals surface area contributed by atoms with Gasteiger partial charge in [0.25, 0.3) is 5.91 Å². The second kappa shape index (κ2) is 5.09. The Morgan fingerprint density at radius 1 is 1.61 bits per heavy atom. The number of primary sulfonamides is 1. The molecule has 0 bridgehead atoms. The molecule has 1 atom stereocenters. The summed E-state index contributed by atoms with van der Waals surface area (Å²) in [6.07, 6.45) is 1.28. The first-order valence-electron chi connectivity index (χ1n) is 5.25. The second-order valence-corrected chi connectivity index (χ2v) is 5.73. The molecule has 0 fully saturated rings. The van der Waals surface area contributed by atoms with Crippen LogP contribution in [0.4, 0.5) is 0 Å². The summed E-state index contributed by atoms with van der Waals surface area (Å²) in [7, 11) is -0.741. The normalized spacial score (nSPS) is 13.4. The number of nitrogens with zero attached hydrogens (tertiary/aromatic N) is 2. The van der Waals surface area contributed by atoms with Crippen LogP contribution in [0.2, 0.25) is 0 Å². The van der Waals surface area contributed by atoms with Gasteiger partial charge in [0.1, 0.15) is 10.6 Å². The van der Waals surface area contributed by atoms with E-state index in [0.717, 1.165) is 0 Å². The van der Waals surface area contributed by atoms with Gasteiger partial charge in [0.05, 0.1) is 12.6 Å². The standard InChI is InChI=1S/C10H17N3O4S/c1-7(6-14)13(3)10(15)9-4-8(5-12(9)2)18(11,16)17/h4-5,7,14H,6H2,1-3H3,(H2,11,16,17). The van der Waals surface area contributed by atoms with Gasteiger partial charge in [-0.25, -0.2) is 13.6 Å². The third kappa shape index (κ3) is 2.89. The largest absolute Gasteiger partial charge is 0.394 e. The molecule has 1 aromatic heterocycles. The lowest BCUT2D eigenvalue weighted by Crippen LogP contribution is -2.38. The molecule has 1 heterocycles. The molecule has 0 aliphatic carbocycles. The number of amides is 1. The van der Waals surface area contributed by atoms with Gasteiger partial charge < -0.3 is 14.6 Å². The van der Waals surface area contributed by atoms with Crippen LogP contribution in [0.15, 0.2) is 17.2 Å². The first-order chi connectivity index (χ1) is 8.18. The molecular formula is C10H17N3O4S. The molecule has 1 amide bonds. The Morgan fingerprint density at radius 2 is 2.17 bits per heavy atom. The Hall–Kier alpha value is -1.38. The molecule has 0 aliphatic heterocycles. The number of aryl methyl sites for hydroxylation is 1. The number of likely N-dealkylation sites (N-methyl/N-ethyl adjacent to an activating group) is 1. The second-order valence-electron chi connectivity index (χ2n) is 4.16. The van der Waals surface area contributed by atoms with E-state index in [9.17, 15) is 13.2 Å². The number of carbonyl (C=O) groups excluding carboxylic acids is 1. The van der Waals surface area contributed by atoms with Crippen molar-refractivity contribution in [3.8, 4) is 0 Å². The van der Waals surface area contributed by atoms with Gasteiger partial charge in [-0.1, -0.05) is 0 Å². The fourth-order valence-electron chi connectivity index (χ4n) is 1.41. The average molecular weight is 275 g/mol. The molecule has 1 unspecified atom stereocenters. The van der Waals surface area contributed by atoms with Crippen LogP contribution in [-0.4, -0.2) is 48.6 Å². The van der Waals surface area contributed by atoms with Gasteiger partial charge >= 0.3 is 0 Å². The van der Waals surface area contributed by atoms with Crippen molar-refractivity contribution >= 4 is 15.9 Å². The number of aromatic nitrogens is 1. The minimum absolute atomic E-state index is 0.113. The first kappa shape index (κ1) is 14.7. The highest BCUT2D eigenvalue weighted by Gasteiger charge is 2.22. The highest BCUT2D eigenvalue weighted by atomic mass is 32.2. The van der Waals surface area contributed by atoms with Crippen molar-refractivity contribution in [2.24, 2.45) is 12.2 Å². The van der Waals surface area contributed by atoms with Crippen molar-refractivity contribution in [2.75, 3.05) is 13.7 Å². The van der Waals surface area contributed by atoms with Gasteiger partial charge in [0, 0.05) is 20.3 Å². The van der Waals surface area contributed by atoms with Crippen LogP contribution in [0.3, 0.4) is 0 Å². The zero-order valence-corrected chi connectivity index (χ0v) is 11.3. The molecule has 7 nitrogen and oxygen atoms in total. The molecule has 0 radical (unpaired) electrons. The monoisotopic (exact) mass is 275 g/mol. The molecule has 18 heavy (non-hydrogen) atoms. The zero-order valence-electron chi connectivity index (χ0n) is 10.5. The van der Waals surface area contributed by atoms with E-state index in [1.807, 2.05) is 0 Å². The van der Waals surface area contributed by atoms with Crippen molar-refractivity contribution < 1.29 is 18.3 Å². The van der Waals surface area contributed by atoms with E-state index < -0.39 is 10.0 Å². The molecule has 102 valence electrons. The van der Waals surface area contributed by atoms with E-state index in [2.05, 4.69) is 0 Å². The Bertz CT molecular complexity index is 549. The van der Waals surface area contributed by atoms with Crippen molar-refractivity contribution in [3.05, 3.63) is 18.0 Å². The quantitative estimate of drug-likeness (QED) is 0.744. The van der Waals surface area contributed by atoms with Crippen LogP contribution in [0.1, 0.15) is 17.4 Å². The summed E-state index contributed by atoms with van der Waals surface area (Å²) in [5.41, 5.74) is 0.196. The predicted molar refractivity (Wildman–Crippen MR) is 65.4 cm³/mol. The predicted octanol–water partition coefficient (Wildman–Crippen LogP) is -0.875. The number of hydrogen-bond acceptors (Lipinski definition) is 4. The lowest BCUT2D eigenvalue weighted by atomic mass is 10.3. The maximum Gasteiger partial charge on any atom is 0.270 e. The minimum Gasteiger partial charge on any atom is -0.394 e. The van der Waals surface area contributed by atoms with E-state index in [1.54, 1.807) is 14.0 Å². The molecule has 0 aromatic carbocycles. The molecule has 0 aliphatic rings. The SMILES string of the molecule is CC(CO)N(C)C(=O)c1cc(S(N)(=O)=O)cn1C. The summed E-state index contributed by atoms with van der Waals surface area (Å²) >= 11 is 0. The molecule has 0 saturated carbocycles. The number of aliphatic hydroxyl groups is 1. The Balaban J connectivity index is 3.12. The zero-order chi connectivity index (χ0) is 14.1. The lowest BCUT2D eigenvalue weighted by Gasteiger charge is -2.23. The summed E-state index contributed by atoms with van der Waals surface area (Å²) in [5.74, 6) is -0.381. The van der Waals surface area contributed by atoms with Crippen molar-refractivity contribution in [3.63, 3.8) is 0 Å². The molecule has 0 spiro atoms. The van der Waals surface area contributed by atoms with E-state index in [-0.39, 0.29) is 29.1 Å². The number of aliphatic hydroxyl groups excluding tert-OH is 1. The lowest BCUT2D eigenvalue weighted by molar-refractivity contribution is 0.0672. The van der Waals surface area contributed by atoms with Crippen LogP contribution < -0.4 is 5.14 Å². The number of carbonyl (C=O) groups is 1. The Labute approximate surface area is 106 Å². The van der Waals surface area contributed by atoms with Gasteiger partial charge in [-0.15, -0.1) is 0 Å². The highest BCUT2D eigenvalue weighted by Crippen LogP contribution is 2.14. The summed E-state index contributed by atoms with van der Waals surface area (Å²) in [6.45, 7) is 1.51. The molecule has 8 heteroatoms. The third-order valence-corrected chi connectivity index (χ3v) is 3.65. The van der Waals surface area contributed by atoms with Crippen LogP contribution in [0.25, 0.3) is 0 Å². The van der Waals surface area contributed by atoms with Gasteiger partial charge in [0.2, 0.25) is 10.0 Å². The maximum atomic E-state index is 12.1. The van der Waals surface area contributed by atoms with Gasteiger partial charge in [-0.05, 0) is 13.0 Å². The van der Waals surface area contributed by atoms with Gasteiger partial charge in [0.15, 0.2) is 0 Å². The Morgan fingerprint density at radius 3 is 2.56 bits per heavy atom. The maximum absolute atomic E-state index is 12.1. The molecule has 1 rings (SSSR count). The van der Waals surface area contributed by atoms with Crippen molar-refractivity contribution in [1.82, 2.24) is 9.47 Å². The third-order valence-electron chi connectivity index (χ3n) is 2.77. The van der Waals surface area contributed by atoms with E-state index in [0.29, 0.717) is 0 Å². The number of hydrogen-bond donors (Lipinski definition) is 2. The van der Waals surface area contributed by atoms with Gasteiger partial charge in [-0.3, -0.25) is 4.79 Å². The van der Waals surface area contributed by atoms with Crippen LogP contribution in [0.5, 0.6) is 0 Å². The fraction of sp³-hybridized carbons (Fsp3) is 0.500. The Kier molecular flexibility index (Phi) is 4.15. The fourth-order valence-corrected chi connectivity index (χ4v) is 1.99. The van der Waals surface area contributed by atoms with E-state index in [1.165, 1.54) is 28.8 Å². The first-order valence-corrected chi connectivity index (χ1v) is 6.80. The summed E-state index contributed by atoms with van der Waals surface area (Å²) in [4.78, 5) is 13.3. The summed E-state index contributed by atoms with van der Waals surface area (Å²) in [6, 6.07) is 0.864. The average Bonchev–Trinajstić information content (AvgIpc) is 2.68. The molecule has 1 aromatic rings. The van der Waals surface area contributed by atoms with E-state index >= 15 is 0 Å². The summed E-state index contributed by atoms with van der Waals surface area (Å²) < 4.78 is 23.8. The van der Waals surface area contributed by atoms with E-state index in [4.69, 9.17) is 10.2 Å². The minimum atomic E-state index is -3.83. The van der Waals surface area contributed by atoms with Crippen LogP contribution in [0, 0.1) is 0 Å². The molecule has 3 N–H and O–H groups in total. The summed E-state index contributed by atoms with van der Waals surface area (Å²) in [5, 5.41) is 14.0. The number of rotatable bonds is 4. The molecular weight excluding hydrogens is 258 g/mol. The smallest absolute Gasteiger partial charge is 0.270 e. The topological polar surface area (TPSA) is 106 Å². The number of nitrogens with two attached hydrogens (primary N) is 1. The van der Waals surface area contributed by atoms with Crippen molar-refractivity contribution in [1.29, 1.82) is 0 Å². The number of sulfonamides is 1. The van der Waals surface area contributed by atoms with Gasteiger partial charge in [-0.2, -0.15) is 0 Å². The molecule has 0 saturated heterocycles. The highest BCUT2D eigenvalue weighted by molar-refractivity contribution is 7.89. The van der Waals surface area contributed by atoms with Crippen LogP contribution in [-0.2, 0) is 17.1 Å². The van der Waals surface area contributed by atoms with Crippen LogP contribution >= 0.6 is 0 Å².